The topological polar surface area (TPSA) is 29.5 Å². The molecule has 3 heteroatoms. The number of hydrogen-bond donors (Lipinski definition) is 0. The van der Waals surface area contributed by atoms with E-state index in [0.717, 1.165) is 36.5 Å². The Morgan fingerprint density at radius 1 is 0.960 bits per heavy atom. The van der Waals surface area contributed by atoms with Crippen LogP contribution < -0.4 is 4.74 Å². The number of carbonyl (C=O) groups is 1. The van der Waals surface area contributed by atoms with E-state index in [0.29, 0.717) is 0 Å². The van der Waals surface area contributed by atoms with Crippen molar-refractivity contribution in [1.29, 1.82) is 0 Å². The molecule has 0 saturated carbocycles. The molecule has 1 atom stereocenters. The summed E-state index contributed by atoms with van der Waals surface area (Å²) in [6, 6.07) is 17.7. The average Bonchev–Trinajstić information content (AvgIpc) is 2.95. The lowest BCUT2D eigenvalue weighted by Crippen LogP contribution is -2.33. The molecule has 1 fully saturated rings. The van der Waals surface area contributed by atoms with E-state index in [9.17, 15) is 4.79 Å². The maximum absolute atomic E-state index is 13.2. The number of ether oxygens (including phenoxy) is 1. The molecule has 0 spiro atoms. The molecule has 25 heavy (non-hydrogen) atoms. The van der Waals surface area contributed by atoms with E-state index in [4.69, 9.17) is 4.74 Å². The van der Waals surface area contributed by atoms with Gasteiger partial charge in [0.25, 0.3) is 0 Å². The van der Waals surface area contributed by atoms with Crippen LogP contribution in [0, 0.1) is 0 Å². The second kappa shape index (κ2) is 8.82. The molecular formula is C22H27NO2. The molecule has 0 radical (unpaired) electrons. The smallest absolute Gasteiger partial charge is 0.171 e. The molecule has 0 N–H and O–H groups in total. The van der Waals surface area contributed by atoms with E-state index in [1.54, 1.807) is 7.11 Å². The summed E-state index contributed by atoms with van der Waals surface area (Å²) < 4.78 is 5.21. The van der Waals surface area contributed by atoms with Crippen molar-refractivity contribution in [3.63, 3.8) is 0 Å². The zero-order valence-corrected chi connectivity index (χ0v) is 15.0. The van der Waals surface area contributed by atoms with Crippen LogP contribution in [0.25, 0.3) is 0 Å². The number of Topliss-reactive ketones (excluding diaryl/α,β-unsaturated/α-hetero) is 1. The lowest BCUT2D eigenvalue weighted by molar-refractivity contribution is 0.0934. The van der Waals surface area contributed by atoms with E-state index >= 15 is 0 Å². The van der Waals surface area contributed by atoms with Gasteiger partial charge in [-0.25, -0.2) is 0 Å². The van der Waals surface area contributed by atoms with E-state index in [-0.39, 0.29) is 11.7 Å². The van der Waals surface area contributed by atoms with Crippen LogP contribution in [0.15, 0.2) is 54.6 Å². The SMILES string of the molecule is COc1ccc(C(=O)[C@H](CN2CCCCCC2)c2ccccc2)cc1. The zero-order valence-electron chi connectivity index (χ0n) is 15.0. The van der Waals surface area contributed by atoms with Crippen molar-refractivity contribution >= 4 is 5.78 Å². The Labute approximate surface area is 150 Å². The molecule has 2 aromatic rings. The van der Waals surface area contributed by atoms with Gasteiger partial charge in [0.05, 0.1) is 13.0 Å². The van der Waals surface area contributed by atoms with Gasteiger partial charge in [-0.15, -0.1) is 0 Å². The van der Waals surface area contributed by atoms with Crippen molar-refractivity contribution < 1.29 is 9.53 Å². The monoisotopic (exact) mass is 337 g/mol. The highest BCUT2D eigenvalue weighted by atomic mass is 16.5. The first kappa shape index (κ1) is 17.7. The van der Waals surface area contributed by atoms with Crippen molar-refractivity contribution in [2.24, 2.45) is 0 Å². The molecule has 0 aromatic heterocycles. The predicted octanol–water partition coefficient (Wildman–Crippen LogP) is 4.54. The van der Waals surface area contributed by atoms with Crippen LogP contribution in [0.4, 0.5) is 0 Å². The first-order valence-electron chi connectivity index (χ1n) is 9.23. The van der Waals surface area contributed by atoms with Gasteiger partial charge in [0.2, 0.25) is 0 Å². The minimum Gasteiger partial charge on any atom is -0.497 e. The van der Waals surface area contributed by atoms with Crippen molar-refractivity contribution in [2.45, 2.75) is 31.6 Å². The fourth-order valence-corrected chi connectivity index (χ4v) is 3.56. The Balaban J connectivity index is 1.83. The van der Waals surface area contributed by atoms with Gasteiger partial charge in [0, 0.05) is 12.1 Å². The molecule has 132 valence electrons. The average molecular weight is 337 g/mol. The molecule has 3 nitrogen and oxygen atoms in total. The number of nitrogens with zero attached hydrogens (tertiary/aromatic N) is 1. The molecule has 0 aliphatic carbocycles. The lowest BCUT2D eigenvalue weighted by atomic mass is 9.90. The van der Waals surface area contributed by atoms with E-state index in [1.807, 2.05) is 42.5 Å². The molecule has 2 aromatic carbocycles. The number of ketones is 1. The van der Waals surface area contributed by atoms with Gasteiger partial charge < -0.3 is 9.64 Å². The van der Waals surface area contributed by atoms with Crippen LogP contribution in [0.5, 0.6) is 5.75 Å². The Morgan fingerprint density at radius 2 is 1.60 bits per heavy atom. The van der Waals surface area contributed by atoms with Gasteiger partial charge in [-0.2, -0.15) is 0 Å². The summed E-state index contributed by atoms with van der Waals surface area (Å²) in [5.74, 6) is 0.853. The van der Waals surface area contributed by atoms with Gasteiger partial charge in [0.1, 0.15) is 5.75 Å². The molecule has 0 bridgehead atoms. The van der Waals surface area contributed by atoms with Gasteiger partial charge in [-0.05, 0) is 55.8 Å². The number of hydrogen-bond acceptors (Lipinski definition) is 3. The van der Waals surface area contributed by atoms with Gasteiger partial charge in [-0.3, -0.25) is 4.79 Å². The summed E-state index contributed by atoms with van der Waals surface area (Å²) in [7, 11) is 1.64. The standard InChI is InChI=1S/C22H27NO2/c1-25-20-13-11-19(12-14-20)22(24)21(18-9-5-4-6-10-18)17-23-15-7-2-3-8-16-23/h4-6,9-14,21H,2-3,7-8,15-17H2,1H3/t21-/m1/s1. The molecule has 3 rings (SSSR count). The predicted molar refractivity (Wildman–Crippen MR) is 101 cm³/mol. The normalized spacial score (nSPS) is 16.8. The number of benzene rings is 2. The highest BCUT2D eigenvalue weighted by Gasteiger charge is 2.25. The summed E-state index contributed by atoms with van der Waals surface area (Å²) in [6.45, 7) is 2.99. The number of likely N-dealkylation sites (tertiary alicyclic amines) is 1. The number of methoxy groups -OCH3 is 1. The number of carbonyl (C=O) groups excluding carboxylic acids is 1. The van der Waals surface area contributed by atoms with E-state index < -0.39 is 0 Å². The van der Waals surface area contributed by atoms with E-state index in [2.05, 4.69) is 17.0 Å². The molecule has 0 unspecified atom stereocenters. The minimum atomic E-state index is -0.118. The fraction of sp³-hybridized carbons (Fsp3) is 0.409. The minimum absolute atomic E-state index is 0.118. The second-order valence-electron chi connectivity index (χ2n) is 6.77. The Bertz CT molecular complexity index is 658. The third kappa shape index (κ3) is 4.70. The van der Waals surface area contributed by atoms with Crippen molar-refractivity contribution in [2.75, 3.05) is 26.7 Å². The van der Waals surface area contributed by atoms with Crippen molar-refractivity contribution in [1.82, 2.24) is 4.90 Å². The van der Waals surface area contributed by atoms with Crippen LogP contribution in [-0.4, -0.2) is 37.4 Å². The summed E-state index contributed by atoms with van der Waals surface area (Å²) in [5, 5.41) is 0. The van der Waals surface area contributed by atoms with E-state index in [1.165, 1.54) is 25.7 Å². The fourth-order valence-electron chi connectivity index (χ4n) is 3.56. The Hall–Kier alpha value is -2.13. The number of rotatable bonds is 6. The zero-order chi connectivity index (χ0) is 17.5. The van der Waals surface area contributed by atoms with Crippen LogP contribution in [0.3, 0.4) is 0 Å². The van der Waals surface area contributed by atoms with Gasteiger partial charge >= 0.3 is 0 Å². The highest BCUT2D eigenvalue weighted by Crippen LogP contribution is 2.25. The Kier molecular flexibility index (Phi) is 6.24. The summed E-state index contributed by atoms with van der Waals surface area (Å²) >= 11 is 0. The maximum atomic E-state index is 13.2. The molecule has 1 saturated heterocycles. The Morgan fingerprint density at radius 3 is 2.20 bits per heavy atom. The third-order valence-corrected chi connectivity index (χ3v) is 5.03. The second-order valence-corrected chi connectivity index (χ2v) is 6.77. The lowest BCUT2D eigenvalue weighted by Gasteiger charge is -2.26. The third-order valence-electron chi connectivity index (χ3n) is 5.03. The van der Waals surface area contributed by atoms with Crippen molar-refractivity contribution in [3.05, 3.63) is 65.7 Å². The summed E-state index contributed by atoms with van der Waals surface area (Å²) in [5.41, 5.74) is 1.86. The van der Waals surface area contributed by atoms with Crippen LogP contribution in [-0.2, 0) is 0 Å². The van der Waals surface area contributed by atoms with Gasteiger partial charge in [-0.1, -0.05) is 43.2 Å². The molecule has 1 aliphatic rings. The van der Waals surface area contributed by atoms with Crippen LogP contribution >= 0.6 is 0 Å². The maximum Gasteiger partial charge on any atom is 0.171 e. The van der Waals surface area contributed by atoms with Crippen LogP contribution in [0.2, 0.25) is 0 Å². The summed E-state index contributed by atoms with van der Waals surface area (Å²) in [4.78, 5) is 15.7. The quantitative estimate of drug-likeness (QED) is 0.725. The summed E-state index contributed by atoms with van der Waals surface area (Å²) in [6.07, 6.45) is 5.08. The van der Waals surface area contributed by atoms with Crippen LogP contribution in [0.1, 0.15) is 47.5 Å². The van der Waals surface area contributed by atoms with Crippen molar-refractivity contribution in [3.8, 4) is 5.75 Å². The highest BCUT2D eigenvalue weighted by molar-refractivity contribution is 6.01. The molecule has 1 heterocycles. The van der Waals surface area contributed by atoms with Gasteiger partial charge in [0.15, 0.2) is 5.78 Å². The first-order chi connectivity index (χ1) is 12.3. The largest absolute Gasteiger partial charge is 0.497 e. The molecule has 1 aliphatic heterocycles. The molecular weight excluding hydrogens is 310 g/mol. The first-order valence-corrected chi connectivity index (χ1v) is 9.23. The molecule has 0 amide bonds.